The van der Waals surface area contributed by atoms with Crippen molar-refractivity contribution < 1.29 is 4.79 Å². The molecule has 0 heterocycles. The molecule has 0 radical (unpaired) electrons. The van der Waals surface area contributed by atoms with E-state index >= 15 is 0 Å². The molecule has 1 aromatic rings. The van der Waals surface area contributed by atoms with Crippen molar-refractivity contribution in [1.29, 1.82) is 0 Å². The molecule has 1 saturated carbocycles. The smallest absolute Gasteiger partial charge is 0.255 e. The number of nitrogens with two attached hydrogens (primary N) is 1. The number of nitrogen functional groups attached to an aromatic ring is 1. The Kier molecular flexibility index (Phi) is 5.51. The van der Waals surface area contributed by atoms with Gasteiger partial charge in [-0.25, -0.2) is 0 Å². The fourth-order valence-corrected chi connectivity index (χ4v) is 3.14. The summed E-state index contributed by atoms with van der Waals surface area (Å²) in [6, 6.07) is 5.66. The van der Waals surface area contributed by atoms with Crippen LogP contribution in [0.4, 0.5) is 5.69 Å². The molecular formula is C17H25ClN2O. The topological polar surface area (TPSA) is 46.3 Å². The predicted octanol–water partition coefficient (Wildman–Crippen LogP) is 4.35. The van der Waals surface area contributed by atoms with Crippen LogP contribution in [0, 0.1) is 5.92 Å². The Morgan fingerprint density at radius 1 is 1.38 bits per heavy atom. The van der Waals surface area contributed by atoms with Crippen molar-refractivity contribution in [3.05, 3.63) is 28.8 Å². The zero-order chi connectivity index (χ0) is 15.4. The van der Waals surface area contributed by atoms with Crippen molar-refractivity contribution in [1.82, 2.24) is 4.90 Å². The average Bonchev–Trinajstić information content (AvgIpc) is 2.95. The quantitative estimate of drug-likeness (QED) is 0.822. The molecule has 1 amide bonds. The minimum absolute atomic E-state index is 0.0276. The maximum Gasteiger partial charge on any atom is 0.255 e. The molecule has 3 nitrogen and oxygen atoms in total. The lowest BCUT2D eigenvalue weighted by Crippen LogP contribution is -2.40. The van der Waals surface area contributed by atoms with Gasteiger partial charge in [-0.1, -0.05) is 44.4 Å². The highest BCUT2D eigenvalue weighted by Crippen LogP contribution is 2.29. The largest absolute Gasteiger partial charge is 0.398 e. The van der Waals surface area contributed by atoms with Gasteiger partial charge in [-0.15, -0.1) is 0 Å². The molecule has 2 N–H and O–H groups in total. The zero-order valence-corrected chi connectivity index (χ0v) is 13.7. The molecule has 0 unspecified atom stereocenters. The van der Waals surface area contributed by atoms with Gasteiger partial charge in [-0.2, -0.15) is 0 Å². The molecule has 2 rings (SSSR count). The van der Waals surface area contributed by atoms with E-state index in [0.29, 0.717) is 28.2 Å². The van der Waals surface area contributed by atoms with Crippen LogP contribution >= 0.6 is 11.6 Å². The van der Waals surface area contributed by atoms with E-state index in [2.05, 4.69) is 13.8 Å². The van der Waals surface area contributed by atoms with Gasteiger partial charge in [0.25, 0.3) is 5.91 Å². The van der Waals surface area contributed by atoms with Crippen LogP contribution in [-0.2, 0) is 0 Å². The Morgan fingerprint density at radius 2 is 2.05 bits per heavy atom. The fraction of sp³-hybridized carbons (Fsp3) is 0.588. The Balaban J connectivity index is 2.22. The van der Waals surface area contributed by atoms with Crippen molar-refractivity contribution >= 4 is 23.2 Å². The van der Waals surface area contributed by atoms with Crippen LogP contribution in [0.5, 0.6) is 0 Å². The third-order valence-corrected chi connectivity index (χ3v) is 4.65. The van der Waals surface area contributed by atoms with Crippen LogP contribution < -0.4 is 5.73 Å². The van der Waals surface area contributed by atoms with Crippen molar-refractivity contribution in [2.24, 2.45) is 5.92 Å². The van der Waals surface area contributed by atoms with Crippen LogP contribution in [0.15, 0.2) is 18.2 Å². The lowest BCUT2D eigenvalue weighted by Gasteiger charge is -2.30. The molecule has 0 saturated heterocycles. The van der Waals surface area contributed by atoms with E-state index in [9.17, 15) is 4.79 Å². The van der Waals surface area contributed by atoms with Crippen LogP contribution in [0.25, 0.3) is 0 Å². The first-order chi connectivity index (χ1) is 10.0. The standard InChI is InChI=1S/C17H25ClN2O/c1-12(2)10-11-20(13-6-3-4-7-13)17(21)14-8-5-9-15(19)16(14)18/h5,8-9,12-13H,3-4,6-7,10-11,19H2,1-2H3. The van der Waals surface area contributed by atoms with Crippen LogP contribution in [0.3, 0.4) is 0 Å². The van der Waals surface area contributed by atoms with Gasteiger partial charge >= 0.3 is 0 Å². The van der Waals surface area contributed by atoms with Gasteiger partial charge in [0.05, 0.1) is 16.3 Å². The summed E-state index contributed by atoms with van der Waals surface area (Å²) >= 11 is 6.23. The van der Waals surface area contributed by atoms with E-state index in [1.807, 2.05) is 4.90 Å². The number of halogens is 1. The first-order valence-corrected chi connectivity index (χ1v) is 8.23. The Morgan fingerprint density at radius 3 is 2.67 bits per heavy atom. The molecular weight excluding hydrogens is 284 g/mol. The number of hydrogen-bond acceptors (Lipinski definition) is 2. The maximum absolute atomic E-state index is 12.9. The summed E-state index contributed by atoms with van der Waals surface area (Å²) in [7, 11) is 0. The van der Waals surface area contributed by atoms with Gasteiger partial charge in [-0.3, -0.25) is 4.79 Å². The van der Waals surface area contributed by atoms with E-state index < -0.39 is 0 Å². The number of nitrogens with zero attached hydrogens (tertiary/aromatic N) is 1. The van der Waals surface area contributed by atoms with Gasteiger partial charge in [-0.05, 0) is 37.3 Å². The summed E-state index contributed by atoms with van der Waals surface area (Å²) in [5.74, 6) is 0.609. The van der Waals surface area contributed by atoms with Crippen molar-refractivity contribution in [3.63, 3.8) is 0 Å². The number of rotatable bonds is 5. The van der Waals surface area contributed by atoms with E-state index in [1.54, 1.807) is 18.2 Å². The van der Waals surface area contributed by atoms with Crippen molar-refractivity contribution in [3.8, 4) is 0 Å². The lowest BCUT2D eigenvalue weighted by atomic mass is 10.1. The second kappa shape index (κ2) is 7.17. The summed E-state index contributed by atoms with van der Waals surface area (Å²) < 4.78 is 0. The first-order valence-electron chi connectivity index (χ1n) is 7.85. The molecule has 4 heteroatoms. The number of carbonyl (C=O) groups excluding carboxylic acids is 1. The highest BCUT2D eigenvalue weighted by Gasteiger charge is 2.28. The second-order valence-corrected chi connectivity index (χ2v) is 6.71. The molecule has 116 valence electrons. The highest BCUT2D eigenvalue weighted by atomic mass is 35.5. The minimum atomic E-state index is 0.0276. The van der Waals surface area contributed by atoms with E-state index in [-0.39, 0.29) is 5.91 Å². The van der Waals surface area contributed by atoms with Gasteiger partial charge < -0.3 is 10.6 Å². The number of amides is 1. The van der Waals surface area contributed by atoms with Crippen LogP contribution in [0.1, 0.15) is 56.3 Å². The maximum atomic E-state index is 12.9. The molecule has 1 aliphatic rings. The molecule has 0 bridgehead atoms. The van der Waals surface area contributed by atoms with Crippen molar-refractivity contribution in [2.75, 3.05) is 12.3 Å². The Bertz CT molecular complexity index is 496. The number of hydrogen-bond donors (Lipinski definition) is 1. The van der Waals surface area contributed by atoms with Crippen LogP contribution in [-0.4, -0.2) is 23.4 Å². The number of anilines is 1. The lowest BCUT2D eigenvalue weighted by molar-refractivity contribution is 0.0672. The van der Waals surface area contributed by atoms with Gasteiger partial charge in [0.2, 0.25) is 0 Å². The van der Waals surface area contributed by atoms with Gasteiger partial charge in [0.15, 0.2) is 0 Å². The summed E-state index contributed by atoms with van der Waals surface area (Å²) in [4.78, 5) is 14.9. The molecule has 0 aromatic heterocycles. The van der Waals surface area contributed by atoms with E-state index in [4.69, 9.17) is 17.3 Å². The van der Waals surface area contributed by atoms with Gasteiger partial charge in [0.1, 0.15) is 0 Å². The fourth-order valence-electron chi connectivity index (χ4n) is 2.93. The second-order valence-electron chi connectivity index (χ2n) is 6.33. The van der Waals surface area contributed by atoms with E-state index in [1.165, 1.54) is 12.8 Å². The predicted molar refractivity (Wildman–Crippen MR) is 88.6 cm³/mol. The summed E-state index contributed by atoms with van der Waals surface area (Å²) in [6.45, 7) is 5.17. The molecule has 21 heavy (non-hydrogen) atoms. The molecule has 1 fully saturated rings. The summed E-state index contributed by atoms with van der Waals surface area (Å²) in [5.41, 5.74) is 6.84. The molecule has 1 aliphatic carbocycles. The zero-order valence-electron chi connectivity index (χ0n) is 12.9. The van der Waals surface area contributed by atoms with Crippen molar-refractivity contribution in [2.45, 2.75) is 52.0 Å². The third kappa shape index (κ3) is 3.91. The van der Waals surface area contributed by atoms with Crippen LogP contribution in [0.2, 0.25) is 5.02 Å². The minimum Gasteiger partial charge on any atom is -0.398 e. The molecule has 0 atom stereocenters. The first kappa shape index (κ1) is 16.2. The number of benzene rings is 1. The number of carbonyl (C=O) groups is 1. The highest BCUT2D eigenvalue weighted by molar-refractivity contribution is 6.36. The SMILES string of the molecule is CC(C)CCN(C(=O)c1cccc(N)c1Cl)C1CCCC1. The molecule has 0 aliphatic heterocycles. The Labute approximate surface area is 132 Å². The summed E-state index contributed by atoms with van der Waals surface area (Å²) in [5, 5.41) is 0.384. The van der Waals surface area contributed by atoms with E-state index in [0.717, 1.165) is 25.8 Å². The molecule has 0 spiro atoms. The normalized spacial score (nSPS) is 15.6. The Hall–Kier alpha value is -1.22. The monoisotopic (exact) mass is 308 g/mol. The summed E-state index contributed by atoms with van der Waals surface area (Å²) in [6.07, 6.45) is 5.64. The third-order valence-electron chi connectivity index (χ3n) is 4.23. The average molecular weight is 309 g/mol. The molecule has 1 aromatic carbocycles. The van der Waals surface area contributed by atoms with Gasteiger partial charge in [0, 0.05) is 12.6 Å².